The molecule has 0 saturated carbocycles. The molecule has 2 aliphatic heterocycles. The van der Waals surface area contributed by atoms with Crippen LogP contribution in [0.3, 0.4) is 0 Å². The first kappa shape index (κ1) is 23.5. The van der Waals surface area contributed by atoms with Crippen LogP contribution in [0.4, 0.5) is 4.39 Å². The molecule has 3 aromatic rings. The summed E-state index contributed by atoms with van der Waals surface area (Å²) in [6.07, 6.45) is 5.30. The van der Waals surface area contributed by atoms with E-state index in [1.807, 2.05) is 42.5 Å². The highest BCUT2D eigenvalue weighted by molar-refractivity contribution is 5.83. The lowest BCUT2D eigenvalue weighted by atomic mass is 10.1. The van der Waals surface area contributed by atoms with E-state index in [1.165, 1.54) is 6.07 Å². The number of ether oxygens (including phenoxy) is 1. The summed E-state index contributed by atoms with van der Waals surface area (Å²) in [5.41, 5.74) is 2.52. The van der Waals surface area contributed by atoms with Crippen molar-refractivity contribution in [2.75, 3.05) is 32.7 Å². The molecule has 1 N–H and O–H groups in total. The number of carbonyl (C=O) groups excluding carboxylic acids is 1. The Kier molecular flexibility index (Phi) is 7.35. The number of pyridine rings is 1. The minimum atomic E-state index is -0.428. The van der Waals surface area contributed by atoms with Gasteiger partial charge in [-0.3, -0.25) is 19.6 Å². The highest BCUT2D eigenvalue weighted by atomic mass is 19.1. The maximum Gasteiger partial charge on any atom is 0.242 e. The van der Waals surface area contributed by atoms with Gasteiger partial charge in [0.2, 0.25) is 5.91 Å². The smallest absolute Gasteiger partial charge is 0.242 e. The first-order valence-corrected chi connectivity index (χ1v) is 12.3. The first-order chi connectivity index (χ1) is 17.2. The molecular formula is C28H31FN4O2. The van der Waals surface area contributed by atoms with Gasteiger partial charge in [-0.25, -0.2) is 4.39 Å². The average molecular weight is 475 g/mol. The number of para-hydroxylation sites is 1. The van der Waals surface area contributed by atoms with Crippen molar-refractivity contribution in [2.45, 2.75) is 31.5 Å². The van der Waals surface area contributed by atoms with Gasteiger partial charge in [0.1, 0.15) is 23.7 Å². The lowest BCUT2D eigenvalue weighted by molar-refractivity contribution is -0.126. The van der Waals surface area contributed by atoms with Crippen molar-refractivity contribution in [1.82, 2.24) is 20.1 Å². The molecule has 5 rings (SSSR count). The van der Waals surface area contributed by atoms with Gasteiger partial charge >= 0.3 is 0 Å². The van der Waals surface area contributed by atoms with Crippen LogP contribution in [-0.4, -0.2) is 53.4 Å². The van der Waals surface area contributed by atoms with Crippen molar-refractivity contribution >= 4 is 5.91 Å². The monoisotopic (exact) mass is 474 g/mol. The zero-order valence-electron chi connectivity index (χ0n) is 19.8. The number of hydrogen-bond acceptors (Lipinski definition) is 5. The lowest BCUT2D eigenvalue weighted by Gasteiger charge is -2.28. The topological polar surface area (TPSA) is 57.7 Å². The number of aromatic nitrogens is 1. The van der Waals surface area contributed by atoms with E-state index >= 15 is 0 Å². The number of nitrogens with zero attached hydrogens (tertiary/aromatic N) is 3. The molecule has 2 aliphatic rings. The Morgan fingerprint density at radius 3 is 2.69 bits per heavy atom. The van der Waals surface area contributed by atoms with E-state index in [0.29, 0.717) is 31.7 Å². The second kappa shape index (κ2) is 11.0. The Morgan fingerprint density at radius 1 is 1.09 bits per heavy atom. The second-order valence-corrected chi connectivity index (χ2v) is 9.19. The van der Waals surface area contributed by atoms with Gasteiger partial charge in [0.25, 0.3) is 0 Å². The molecule has 1 aromatic heterocycles. The maximum absolute atomic E-state index is 14.6. The van der Waals surface area contributed by atoms with Gasteiger partial charge in [-0.05, 0) is 49.7 Å². The van der Waals surface area contributed by atoms with Gasteiger partial charge < -0.3 is 10.1 Å². The van der Waals surface area contributed by atoms with Gasteiger partial charge in [0.05, 0.1) is 0 Å². The molecule has 7 heteroatoms. The summed E-state index contributed by atoms with van der Waals surface area (Å²) >= 11 is 0. The largest absolute Gasteiger partial charge is 0.484 e. The molecule has 0 aliphatic carbocycles. The quantitative estimate of drug-likeness (QED) is 0.559. The summed E-state index contributed by atoms with van der Waals surface area (Å²) < 4.78 is 20.9. The fourth-order valence-electron chi connectivity index (χ4n) is 5.05. The fourth-order valence-corrected chi connectivity index (χ4v) is 5.05. The van der Waals surface area contributed by atoms with Crippen molar-refractivity contribution in [3.8, 4) is 5.75 Å². The van der Waals surface area contributed by atoms with Crippen molar-refractivity contribution in [3.05, 3.63) is 95.6 Å². The molecule has 2 atom stereocenters. The van der Waals surface area contributed by atoms with Crippen LogP contribution >= 0.6 is 0 Å². The number of carbonyl (C=O) groups is 1. The van der Waals surface area contributed by atoms with E-state index in [0.717, 1.165) is 42.8 Å². The Morgan fingerprint density at radius 2 is 1.89 bits per heavy atom. The molecule has 0 spiro atoms. The molecule has 2 aromatic carbocycles. The predicted octanol–water partition coefficient (Wildman–Crippen LogP) is 4.11. The van der Waals surface area contributed by atoms with Gasteiger partial charge in [-0.15, -0.1) is 0 Å². The summed E-state index contributed by atoms with van der Waals surface area (Å²) in [6.45, 7) is 4.16. The minimum Gasteiger partial charge on any atom is -0.484 e. The third-order valence-electron chi connectivity index (χ3n) is 6.79. The Labute approximate surface area is 205 Å². The average Bonchev–Trinajstić information content (AvgIpc) is 3.33. The zero-order chi connectivity index (χ0) is 24.0. The number of halogens is 1. The zero-order valence-corrected chi connectivity index (χ0v) is 19.8. The first-order valence-electron chi connectivity index (χ1n) is 12.3. The van der Waals surface area contributed by atoms with Gasteiger partial charge in [-0.1, -0.05) is 42.5 Å². The van der Waals surface area contributed by atoms with Crippen molar-refractivity contribution in [3.63, 3.8) is 0 Å². The molecule has 0 radical (unpaired) electrons. The number of benzene rings is 2. The van der Waals surface area contributed by atoms with Crippen LogP contribution in [-0.2, 0) is 11.3 Å². The summed E-state index contributed by atoms with van der Waals surface area (Å²) in [4.78, 5) is 22.0. The molecule has 35 heavy (non-hydrogen) atoms. The van der Waals surface area contributed by atoms with Crippen LogP contribution in [0.25, 0.3) is 0 Å². The van der Waals surface area contributed by atoms with Gasteiger partial charge in [-0.2, -0.15) is 0 Å². The van der Waals surface area contributed by atoms with E-state index in [4.69, 9.17) is 4.74 Å². The standard InChI is InChI=1S/C28H31FN4O2/c29-24-11-3-2-10-23(24)26-20-32(19-22-8-1-4-12-25(22)35-26)17-14-31-28(34)27(33-15-5-6-16-33)21-9-7-13-30-18-21/h1-4,7-13,18,26-27H,5-6,14-17,19-20H2,(H,31,34)/t26-,27-/m1/s1. The van der Waals surface area contributed by atoms with Crippen LogP contribution in [0.2, 0.25) is 0 Å². The van der Waals surface area contributed by atoms with Crippen LogP contribution < -0.4 is 10.1 Å². The van der Waals surface area contributed by atoms with E-state index in [1.54, 1.807) is 24.5 Å². The Balaban J connectivity index is 1.28. The van der Waals surface area contributed by atoms with Crippen LogP contribution in [0.5, 0.6) is 5.75 Å². The fraction of sp³-hybridized carbons (Fsp3) is 0.357. The highest BCUT2D eigenvalue weighted by Gasteiger charge is 2.30. The third kappa shape index (κ3) is 5.52. The molecule has 1 saturated heterocycles. The van der Waals surface area contributed by atoms with Crippen molar-refractivity contribution in [1.29, 1.82) is 0 Å². The number of nitrogens with one attached hydrogen (secondary N) is 1. The van der Waals surface area contributed by atoms with E-state index in [2.05, 4.69) is 20.1 Å². The maximum atomic E-state index is 14.6. The molecule has 0 unspecified atom stereocenters. The molecule has 0 bridgehead atoms. The third-order valence-corrected chi connectivity index (χ3v) is 6.79. The number of amides is 1. The van der Waals surface area contributed by atoms with E-state index in [-0.39, 0.29) is 17.8 Å². The van der Waals surface area contributed by atoms with Gasteiger partial charge in [0, 0.05) is 49.7 Å². The SMILES string of the molecule is O=C(NCCN1Cc2ccccc2O[C@@H](c2ccccc2F)C1)[C@@H](c1cccnc1)N1CCCC1. The van der Waals surface area contributed by atoms with Gasteiger partial charge in [0.15, 0.2) is 0 Å². The minimum absolute atomic E-state index is 0.00275. The van der Waals surface area contributed by atoms with Crippen LogP contribution in [0.15, 0.2) is 73.1 Å². The second-order valence-electron chi connectivity index (χ2n) is 9.19. The van der Waals surface area contributed by atoms with E-state index in [9.17, 15) is 9.18 Å². The molecule has 1 fully saturated rings. The predicted molar refractivity (Wildman–Crippen MR) is 132 cm³/mol. The van der Waals surface area contributed by atoms with Crippen molar-refractivity contribution in [2.24, 2.45) is 0 Å². The summed E-state index contributed by atoms with van der Waals surface area (Å²) in [5, 5.41) is 3.15. The summed E-state index contributed by atoms with van der Waals surface area (Å²) in [7, 11) is 0. The number of likely N-dealkylation sites (tertiary alicyclic amines) is 1. The number of fused-ring (bicyclic) bond motifs is 1. The van der Waals surface area contributed by atoms with Crippen LogP contribution in [0.1, 0.15) is 41.7 Å². The molecule has 6 nitrogen and oxygen atoms in total. The molecule has 182 valence electrons. The molecule has 1 amide bonds. The number of rotatable bonds is 7. The molecular weight excluding hydrogens is 443 g/mol. The van der Waals surface area contributed by atoms with E-state index < -0.39 is 6.10 Å². The number of hydrogen-bond donors (Lipinski definition) is 1. The Hall–Kier alpha value is -3.29. The Bertz CT molecular complexity index is 1140. The highest BCUT2D eigenvalue weighted by Crippen LogP contribution is 2.32. The lowest BCUT2D eigenvalue weighted by Crippen LogP contribution is -2.42. The summed E-state index contributed by atoms with van der Waals surface area (Å²) in [5.74, 6) is 0.505. The van der Waals surface area contributed by atoms with Crippen LogP contribution in [0, 0.1) is 5.82 Å². The molecule has 3 heterocycles. The summed E-state index contributed by atoms with van der Waals surface area (Å²) in [6, 6.07) is 18.2. The normalized spacial score (nSPS) is 19.4. The van der Waals surface area contributed by atoms with Crippen molar-refractivity contribution < 1.29 is 13.9 Å².